The number of hydrogen-bond acceptors (Lipinski definition) is 4. The van der Waals surface area contributed by atoms with Crippen molar-refractivity contribution in [2.45, 2.75) is 26.0 Å². The van der Waals surface area contributed by atoms with E-state index in [-0.39, 0.29) is 18.5 Å². The minimum Gasteiger partial charge on any atom is -0.386 e. The zero-order valence-corrected chi connectivity index (χ0v) is 10.4. The van der Waals surface area contributed by atoms with Gasteiger partial charge in [-0.3, -0.25) is 4.79 Å². The third-order valence-electron chi connectivity index (χ3n) is 1.94. The number of aliphatic hydroxyl groups excluding tert-OH is 1. The fourth-order valence-corrected chi connectivity index (χ4v) is 1.99. The second kappa shape index (κ2) is 6.62. The molecule has 1 amide bonds. The van der Waals surface area contributed by atoms with Crippen LogP contribution in [0.3, 0.4) is 0 Å². The molecule has 0 aromatic carbocycles. The van der Waals surface area contributed by atoms with Crippen LogP contribution in [0.4, 0.5) is 0 Å². The molecule has 0 aliphatic rings. The highest BCUT2D eigenvalue weighted by atomic mass is 32.1. The third kappa shape index (κ3) is 4.74. The molecule has 0 saturated carbocycles. The van der Waals surface area contributed by atoms with Gasteiger partial charge in [-0.05, 0) is 25.3 Å². The topological polar surface area (TPSA) is 61.4 Å². The molecule has 16 heavy (non-hydrogen) atoms. The van der Waals surface area contributed by atoms with E-state index in [4.69, 9.17) is 0 Å². The lowest BCUT2D eigenvalue weighted by Gasteiger charge is -2.11. The van der Waals surface area contributed by atoms with Gasteiger partial charge in [0, 0.05) is 17.5 Å². The number of rotatable bonds is 6. The molecule has 1 aromatic rings. The molecule has 1 atom stereocenters. The van der Waals surface area contributed by atoms with Gasteiger partial charge in [0.05, 0.1) is 6.54 Å². The number of amides is 1. The van der Waals surface area contributed by atoms with E-state index in [0.717, 1.165) is 4.88 Å². The van der Waals surface area contributed by atoms with Gasteiger partial charge in [0.15, 0.2) is 0 Å². The molecule has 1 unspecified atom stereocenters. The Labute approximate surface area is 99.7 Å². The predicted molar refractivity (Wildman–Crippen MR) is 65.4 cm³/mol. The number of carbonyl (C=O) groups is 1. The lowest BCUT2D eigenvalue weighted by molar-refractivity contribution is -0.120. The van der Waals surface area contributed by atoms with E-state index in [2.05, 4.69) is 10.6 Å². The Bertz CT molecular complexity index is 312. The molecule has 0 bridgehead atoms. The number of carbonyl (C=O) groups excluding carboxylic acids is 1. The largest absolute Gasteiger partial charge is 0.386 e. The van der Waals surface area contributed by atoms with E-state index in [1.165, 1.54) is 11.3 Å². The Morgan fingerprint density at radius 1 is 1.56 bits per heavy atom. The highest BCUT2D eigenvalue weighted by Crippen LogP contribution is 2.17. The number of thiophene rings is 1. The summed E-state index contributed by atoms with van der Waals surface area (Å²) in [5, 5.41) is 17.3. The maximum absolute atomic E-state index is 11.3. The van der Waals surface area contributed by atoms with Crippen molar-refractivity contribution in [1.82, 2.24) is 10.6 Å². The van der Waals surface area contributed by atoms with Crippen molar-refractivity contribution in [3.8, 4) is 0 Å². The summed E-state index contributed by atoms with van der Waals surface area (Å²) in [6, 6.07) is 3.93. The summed E-state index contributed by atoms with van der Waals surface area (Å²) in [6.45, 7) is 4.46. The second-order valence-electron chi connectivity index (χ2n) is 3.88. The van der Waals surface area contributed by atoms with Crippen molar-refractivity contribution in [2.75, 3.05) is 13.1 Å². The van der Waals surface area contributed by atoms with Crippen LogP contribution < -0.4 is 10.6 Å². The van der Waals surface area contributed by atoms with Crippen LogP contribution in [0.15, 0.2) is 17.5 Å². The number of hydrogen-bond donors (Lipinski definition) is 3. The van der Waals surface area contributed by atoms with Crippen molar-refractivity contribution < 1.29 is 9.90 Å². The van der Waals surface area contributed by atoms with Crippen molar-refractivity contribution in [3.63, 3.8) is 0 Å². The molecule has 1 heterocycles. The summed E-state index contributed by atoms with van der Waals surface area (Å²) in [6.07, 6.45) is -0.535. The smallest absolute Gasteiger partial charge is 0.234 e. The summed E-state index contributed by atoms with van der Waals surface area (Å²) >= 11 is 1.51. The van der Waals surface area contributed by atoms with E-state index in [1.54, 1.807) is 0 Å². The first kappa shape index (κ1) is 13.2. The van der Waals surface area contributed by atoms with Gasteiger partial charge in [-0.25, -0.2) is 0 Å². The van der Waals surface area contributed by atoms with E-state index in [0.29, 0.717) is 6.54 Å². The van der Waals surface area contributed by atoms with Gasteiger partial charge in [-0.1, -0.05) is 6.07 Å². The summed E-state index contributed by atoms with van der Waals surface area (Å²) < 4.78 is 0. The van der Waals surface area contributed by atoms with Gasteiger partial charge in [0.1, 0.15) is 6.10 Å². The Hall–Kier alpha value is -0.910. The molecule has 0 aliphatic carbocycles. The third-order valence-corrected chi connectivity index (χ3v) is 2.92. The molecule has 4 nitrogen and oxygen atoms in total. The number of nitrogens with one attached hydrogen (secondary N) is 2. The molecule has 3 N–H and O–H groups in total. The average molecular weight is 242 g/mol. The van der Waals surface area contributed by atoms with Crippen molar-refractivity contribution in [3.05, 3.63) is 22.4 Å². The fraction of sp³-hybridized carbons (Fsp3) is 0.545. The summed E-state index contributed by atoms with van der Waals surface area (Å²) in [5.74, 6) is -0.0478. The average Bonchev–Trinajstić information content (AvgIpc) is 2.68. The lowest BCUT2D eigenvalue weighted by Crippen LogP contribution is -2.38. The van der Waals surface area contributed by atoms with Crippen LogP contribution in [0.25, 0.3) is 0 Å². The minimum absolute atomic E-state index is 0.0478. The Morgan fingerprint density at radius 2 is 2.31 bits per heavy atom. The molecular formula is C11H18N2O2S. The van der Waals surface area contributed by atoms with Gasteiger partial charge < -0.3 is 15.7 Å². The zero-order valence-electron chi connectivity index (χ0n) is 9.56. The number of aliphatic hydroxyl groups is 1. The first-order valence-corrected chi connectivity index (χ1v) is 6.19. The van der Waals surface area contributed by atoms with Crippen LogP contribution in [0.1, 0.15) is 24.8 Å². The maximum atomic E-state index is 11.3. The first-order valence-electron chi connectivity index (χ1n) is 5.31. The minimum atomic E-state index is -0.535. The molecular weight excluding hydrogens is 224 g/mol. The molecule has 90 valence electrons. The van der Waals surface area contributed by atoms with Crippen LogP contribution in [0.2, 0.25) is 0 Å². The van der Waals surface area contributed by atoms with Crippen molar-refractivity contribution >= 4 is 17.2 Å². The highest BCUT2D eigenvalue weighted by molar-refractivity contribution is 7.10. The molecule has 0 aliphatic heterocycles. The monoisotopic (exact) mass is 242 g/mol. The molecule has 0 spiro atoms. The van der Waals surface area contributed by atoms with Crippen LogP contribution >= 0.6 is 11.3 Å². The van der Waals surface area contributed by atoms with Gasteiger partial charge in [-0.2, -0.15) is 0 Å². The lowest BCUT2D eigenvalue weighted by atomic mass is 10.3. The van der Waals surface area contributed by atoms with E-state index in [1.807, 2.05) is 31.4 Å². The fourth-order valence-electron chi connectivity index (χ4n) is 1.28. The van der Waals surface area contributed by atoms with Crippen molar-refractivity contribution in [2.24, 2.45) is 0 Å². The van der Waals surface area contributed by atoms with Gasteiger partial charge in [0.25, 0.3) is 0 Å². The molecule has 0 radical (unpaired) electrons. The normalized spacial score (nSPS) is 12.8. The van der Waals surface area contributed by atoms with Crippen LogP contribution in [-0.2, 0) is 4.79 Å². The van der Waals surface area contributed by atoms with Crippen LogP contribution in [0.5, 0.6) is 0 Å². The molecule has 0 fully saturated rings. The SMILES string of the molecule is CC(C)NC(=O)CNCC(O)c1cccs1. The summed E-state index contributed by atoms with van der Waals surface area (Å²) in [7, 11) is 0. The Morgan fingerprint density at radius 3 is 2.88 bits per heavy atom. The molecule has 1 aromatic heterocycles. The summed E-state index contributed by atoms with van der Waals surface area (Å²) in [5.41, 5.74) is 0. The molecule has 0 saturated heterocycles. The highest BCUT2D eigenvalue weighted by Gasteiger charge is 2.09. The van der Waals surface area contributed by atoms with Crippen LogP contribution in [-0.4, -0.2) is 30.1 Å². The quantitative estimate of drug-likeness (QED) is 0.694. The van der Waals surface area contributed by atoms with Gasteiger partial charge in [0.2, 0.25) is 5.91 Å². The van der Waals surface area contributed by atoms with E-state index >= 15 is 0 Å². The second-order valence-corrected chi connectivity index (χ2v) is 4.86. The Kier molecular flexibility index (Phi) is 5.45. The van der Waals surface area contributed by atoms with Gasteiger partial charge in [-0.15, -0.1) is 11.3 Å². The predicted octanol–water partition coefficient (Wildman–Crippen LogP) is 0.896. The van der Waals surface area contributed by atoms with Crippen LogP contribution in [0, 0.1) is 0 Å². The maximum Gasteiger partial charge on any atom is 0.234 e. The van der Waals surface area contributed by atoms with Gasteiger partial charge >= 0.3 is 0 Å². The standard InChI is InChI=1S/C11H18N2O2S/c1-8(2)13-11(15)7-12-6-9(14)10-4-3-5-16-10/h3-5,8-9,12,14H,6-7H2,1-2H3,(H,13,15). The summed E-state index contributed by atoms with van der Waals surface area (Å²) in [4.78, 5) is 12.2. The van der Waals surface area contributed by atoms with Crippen molar-refractivity contribution in [1.29, 1.82) is 0 Å². The zero-order chi connectivity index (χ0) is 12.0. The molecule has 1 rings (SSSR count). The van der Waals surface area contributed by atoms with E-state index in [9.17, 15) is 9.90 Å². The molecule has 5 heteroatoms. The Balaban J connectivity index is 2.18. The van der Waals surface area contributed by atoms with E-state index < -0.39 is 6.10 Å². The first-order chi connectivity index (χ1) is 7.59.